The van der Waals surface area contributed by atoms with Gasteiger partial charge in [0.1, 0.15) is 50.2 Å². The molecule has 0 bridgehead atoms. The molecule has 0 aromatic heterocycles. The van der Waals surface area contributed by atoms with E-state index in [0.717, 1.165) is 47.8 Å². The van der Waals surface area contributed by atoms with Crippen LogP contribution in [0, 0.1) is 10.1 Å². The van der Waals surface area contributed by atoms with Gasteiger partial charge in [0.15, 0.2) is 0 Å². The Morgan fingerprint density at radius 3 is 1.68 bits per heavy atom. The lowest BCUT2D eigenvalue weighted by molar-refractivity contribution is -0.914. The summed E-state index contributed by atoms with van der Waals surface area (Å²) in [4.78, 5) is 10.9. The van der Waals surface area contributed by atoms with E-state index in [-0.39, 0.29) is 48.6 Å². The Morgan fingerprint density at radius 1 is 0.758 bits per heavy atom. The van der Waals surface area contributed by atoms with Crippen molar-refractivity contribution in [1.29, 1.82) is 0 Å². The molecule has 1 aliphatic carbocycles. The van der Waals surface area contributed by atoms with Gasteiger partial charge in [0, 0.05) is 24.8 Å². The molecule has 0 spiro atoms. The summed E-state index contributed by atoms with van der Waals surface area (Å²) in [7, 11) is 0.914. The number of hydrogen-bond donors (Lipinski definition) is 3. The molecule has 3 aromatic carbocycles. The van der Waals surface area contributed by atoms with Gasteiger partial charge >= 0.3 is 5.69 Å². The molecule has 3 aliphatic rings. The van der Waals surface area contributed by atoms with Gasteiger partial charge in [0.25, 0.3) is 0 Å². The van der Waals surface area contributed by atoms with Crippen LogP contribution in [0.5, 0.6) is 23.0 Å². The van der Waals surface area contributed by atoms with Gasteiger partial charge in [-0.05, 0) is 94.9 Å². The number of aliphatic hydroxyl groups is 1. The number of likely N-dealkylation sites (N-methyl/N-ethyl adjacent to an activating group) is 2. The maximum Gasteiger partial charge on any atom is 0.311 e. The Morgan fingerprint density at radius 2 is 1.24 bits per heavy atom. The first-order valence-corrected chi connectivity index (χ1v) is 22.2. The highest BCUT2D eigenvalue weighted by molar-refractivity contribution is 7.80. The Kier molecular flexibility index (Phi) is 29.9. The first-order chi connectivity index (χ1) is 28.6. The topological polar surface area (TPSA) is 204 Å². The number of phenols is 1. The molecular weight excluding hydrogens is 863 g/mol. The van der Waals surface area contributed by atoms with Gasteiger partial charge in [-0.15, -0.1) is 12.4 Å². The molecule has 15 nitrogen and oxygen atoms in total. The average molecular weight is 934 g/mol. The van der Waals surface area contributed by atoms with Crippen LogP contribution in [0.2, 0.25) is 0 Å². The van der Waals surface area contributed by atoms with Crippen molar-refractivity contribution >= 4 is 34.2 Å². The van der Waals surface area contributed by atoms with Gasteiger partial charge in [-0.1, -0.05) is 42.5 Å². The van der Waals surface area contributed by atoms with E-state index in [2.05, 4.69) is 30.4 Å². The zero-order chi connectivity index (χ0) is 44.3. The lowest BCUT2D eigenvalue weighted by atomic mass is 10.1. The fraction of sp³-hybridized carbons (Fsp3) is 0.545. The molecule has 2 aliphatic heterocycles. The molecule has 4 N–H and O–H groups in total. The van der Waals surface area contributed by atoms with Crippen molar-refractivity contribution in [3.8, 4) is 23.0 Å². The van der Waals surface area contributed by atoms with Crippen LogP contribution in [0.15, 0.2) is 78.9 Å². The summed E-state index contributed by atoms with van der Waals surface area (Å²) in [5, 5.41) is 28.3. The number of nitrogen functional groups attached to an aromatic ring is 1. The molecule has 0 amide bonds. The molecule has 352 valence electrons. The van der Waals surface area contributed by atoms with Crippen LogP contribution in [-0.4, -0.2) is 117 Å². The molecule has 0 radical (unpaired) electrons. The van der Waals surface area contributed by atoms with Gasteiger partial charge in [0.2, 0.25) is 16.1 Å². The molecule has 6 rings (SSSR count). The number of nitro groups is 1. The van der Waals surface area contributed by atoms with Crippen molar-refractivity contribution in [2.45, 2.75) is 77.7 Å². The van der Waals surface area contributed by atoms with Crippen LogP contribution in [0.1, 0.15) is 76.7 Å². The number of piperidine rings is 2. The standard InChI is InChI=1S/C21H27N2O4.C14H22N2O2.C6H10.C2H6O.CH4O4S.2ClH/c1-23(12-6-3-7-13-23)14-15-26-21-16-19(10-11-20(21)22(24)25)27-17-18-8-4-2-5-9-18;1-16(7-3-2-4-8-16)9-10-18-14-11-12(17)5-6-13(14)15;1-2-4-6-5-3-1;1-2-3;1-5-6(2,3)4;;/h2,4-5,8-11,16H,3,6-7,12-15,17H2,1H3;5-6,11H,2-4,7-10,15H2,1H3;1-2H,3-6H2;3H,2H2,1H3;1H3,(H,2,3,4);2*1H/q+1;;;;;;/p-1. The van der Waals surface area contributed by atoms with Crippen molar-refractivity contribution in [2.24, 2.45) is 0 Å². The third kappa shape index (κ3) is 25.3. The number of phenolic OH excluding ortho intramolecular Hbond substituents is 1. The van der Waals surface area contributed by atoms with Crippen molar-refractivity contribution in [3.63, 3.8) is 0 Å². The van der Waals surface area contributed by atoms with Crippen molar-refractivity contribution < 1.29 is 67.9 Å². The summed E-state index contributed by atoms with van der Waals surface area (Å²) in [6.07, 6.45) is 17.7. The molecule has 0 atom stereocenters. The summed E-state index contributed by atoms with van der Waals surface area (Å²) < 4.78 is 50.4. The number of likely N-dealkylation sites (tertiary alicyclic amines) is 2. The number of hydrogen-bond acceptors (Lipinski definition) is 12. The predicted octanol–water partition coefficient (Wildman–Crippen LogP) is 4.80. The maximum atomic E-state index is 11.3. The predicted molar refractivity (Wildman–Crippen MR) is 241 cm³/mol. The molecule has 2 heterocycles. The van der Waals surface area contributed by atoms with Crippen molar-refractivity contribution in [3.05, 3.63) is 94.6 Å². The summed E-state index contributed by atoms with van der Waals surface area (Å²) in [6.45, 7) is 10.0. The third-order valence-electron chi connectivity index (χ3n) is 10.3. The number of anilines is 1. The minimum Gasteiger partial charge on any atom is -1.00 e. The number of quaternary nitrogens is 2. The lowest BCUT2D eigenvalue weighted by Crippen LogP contribution is -3.00. The van der Waals surface area contributed by atoms with E-state index < -0.39 is 15.3 Å². The number of nitrogens with zero attached hydrogens (tertiary/aromatic N) is 3. The van der Waals surface area contributed by atoms with Gasteiger partial charge in [-0.2, -0.15) is 0 Å². The Hall–Kier alpha value is -3.87. The number of nitrogens with two attached hydrogens (primary N) is 1. The van der Waals surface area contributed by atoms with Crippen LogP contribution in [0.4, 0.5) is 11.4 Å². The number of aromatic hydroxyl groups is 1. The monoisotopic (exact) mass is 932 g/mol. The molecule has 2 fully saturated rings. The van der Waals surface area contributed by atoms with E-state index in [9.17, 15) is 28.2 Å². The molecular formula is C44H70Cl2N4O11S. The number of rotatable bonds is 13. The molecule has 0 saturated carbocycles. The summed E-state index contributed by atoms with van der Waals surface area (Å²) in [6, 6.07) is 19.3. The number of allylic oxidation sites excluding steroid dienone is 2. The molecule has 3 aromatic rings. The highest BCUT2D eigenvalue weighted by atomic mass is 35.5. The fourth-order valence-electron chi connectivity index (χ4n) is 6.75. The van der Waals surface area contributed by atoms with Gasteiger partial charge in [0.05, 0.1) is 58.0 Å². The number of ether oxygens (including phenoxy) is 3. The van der Waals surface area contributed by atoms with Crippen LogP contribution < -0.4 is 32.4 Å². The summed E-state index contributed by atoms with van der Waals surface area (Å²) >= 11 is 0. The SMILES string of the molecule is C1=CCCCC1.CCO.COS(=O)(=O)[O-].C[N+]1(CCOc2cc(O)ccc2N)CCCCC1.C[N+]1(CCOc2cc(OCc3ccccc3)ccc2[N+](=O)[O-])CCCCC1.Cl.[Cl-]. The van der Waals surface area contributed by atoms with E-state index in [1.165, 1.54) is 83.4 Å². The minimum atomic E-state index is -4.41. The highest BCUT2D eigenvalue weighted by Gasteiger charge is 2.26. The summed E-state index contributed by atoms with van der Waals surface area (Å²) in [5.41, 5.74) is 7.40. The highest BCUT2D eigenvalue weighted by Crippen LogP contribution is 2.32. The van der Waals surface area contributed by atoms with Crippen LogP contribution >= 0.6 is 12.4 Å². The second-order valence-electron chi connectivity index (χ2n) is 15.4. The molecule has 62 heavy (non-hydrogen) atoms. The normalized spacial score (nSPS) is 15.8. The van der Waals surface area contributed by atoms with E-state index in [4.69, 9.17) is 25.1 Å². The third-order valence-corrected chi connectivity index (χ3v) is 10.7. The summed E-state index contributed by atoms with van der Waals surface area (Å²) in [5.74, 6) is 1.61. The average Bonchev–Trinajstić information content (AvgIpc) is 3.23. The zero-order valence-electron chi connectivity index (χ0n) is 36.8. The maximum absolute atomic E-state index is 11.3. The number of halogens is 2. The van der Waals surface area contributed by atoms with Gasteiger partial charge < -0.3 is 56.1 Å². The Bertz CT molecular complexity index is 1790. The van der Waals surface area contributed by atoms with E-state index in [1.807, 2.05) is 30.3 Å². The number of benzene rings is 3. The van der Waals surface area contributed by atoms with E-state index in [0.29, 0.717) is 37.0 Å². The van der Waals surface area contributed by atoms with Crippen LogP contribution in [0.25, 0.3) is 0 Å². The smallest absolute Gasteiger partial charge is 0.311 e. The first kappa shape index (κ1) is 58.1. The zero-order valence-corrected chi connectivity index (χ0v) is 39.2. The lowest BCUT2D eigenvalue weighted by Gasteiger charge is -2.37. The van der Waals surface area contributed by atoms with Crippen molar-refractivity contribution in [1.82, 2.24) is 0 Å². The fourth-order valence-corrected chi connectivity index (χ4v) is 6.75. The second kappa shape index (κ2) is 31.9. The van der Waals surface area contributed by atoms with Gasteiger partial charge in [-0.25, -0.2) is 8.42 Å². The Labute approximate surface area is 381 Å². The minimum absolute atomic E-state index is 0. The first-order valence-electron chi connectivity index (χ1n) is 20.9. The van der Waals surface area contributed by atoms with Crippen molar-refractivity contribution in [2.75, 3.05) is 86.0 Å². The van der Waals surface area contributed by atoms with Crippen LogP contribution in [-0.2, 0) is 21.2 Å². The van der Waals surface area contributed by atoms with Crippen LogP contribution in [0.3, 0.4) is 0 Å². The van der Waals surface area contributed by atoms with E-state index >= 15 is 0 Å². The molecule has 0 unspecified atom stereocenters. The largest absolute Gasteiger partial charge is 1.00 e. The van der Waals surface area contributed by atoms with E-state index in [1.54, 1.807) is 37.3 Å². The molecule has 2 saturated heterocycles. The number of nitro benzene ring substituents is 1. The quantitative estimate of drug-likeness (QED) is 0.0309. The second-order valence-corrected chi connectivity index (χ2v) is 16.6. The number of aliphatic hydroxyl groups excluding tert-OH is 1. The van der Waals surface area contributed by atoms with Gasteiger partial charge in [-0.3, -0.25) is 14.3 Å². The molecule has 18 heteroatoms. The Balaban J connectivity index is 0.000000909.